The normalized spacial score (nSPS) is 23.4. The number of methoxy groups -OCH3 is 1. The lowest BCUT2D eigenvalue weighted by Crippen LogP contribution is -2.60. The molecular weight excluding hydrogens is 342 g/mol. The summed E-state index contributed by atoms with van der Waals surface area (Å²) in [7, 11) is 1.56. The van der Waals surface area contributed by atoms with Crippen molar-refractivity contribution in [1.82, 2.24) is 10.6 Å². The molecule has 0 bridgehead atoms. The number of piperidine rings is 2. The zero-order valence-electron chi connectivity index (χ0n) is 14.4. The van der Waals surface area contributed by atoms with E-state index in [1.165, 1.54) is 0 Å². The van der Waals surface area contributed by atoms with E-state index in [0.717, 1.165) is 19.5 Å². The van der Waals surface area contributed by atoms with E-state index in [1.807, 2.05) is 18.2 Å². The van der Waals surface area contributed by atoms with E-state index < -0.39 is 11.6 Å². The van der Waals surface area contributed by atoms with E-state index in [-0.39, 0.29) is 11.8 Å². The van der Waals surface area contributed by atoms with Gasteiger partial charge in [0.1, 0.15) is 11.6 Å². The van der Waals surface area contributed by atoms with Gasteiger partial charge in [-0.2, -0.15) is 0 Å². The Bertz CT molecular complexity index is 646. The largest absolute Gasteiger partial charge is 0.368 e. The molecule has 2 aliphatic heterocycles. The van der Waals surface area contributed by atoms with Gasteiger partial charge in [0.05, 0.1) is 10.7 Å². The summed E-state index contributed by atoms with van der Waals surface area (Å²) in [4.78, 5) is 27.4. The first kappa shape index (κ1) is 18.2. The maximum absolute atomic E-state index is 12.9. The zero-order chi connectivity index (χ0) is 17.9. The van der Waals surface area contributed by atoms with E-state index in [0.29, 0.717) is 36.5 Å². The molecule has 2 fully saturated rings. The van der Waals surface area contributed by atoms with Gasteiger partial charge in [-0.15, -0.1) is 0 Å². The van der Waals surface area contributed by atoms with Crippen molar-refractivity contribution >= 4 is 29.1 Å². The number of carbonyl (C=O) groups is 2. The Balaban J connectivity index is 1.73. The van der Waals surface area contributed by atoms with Crippen LogP contribution in [0.3, 0.4) is 0 Å². The molecule has 2 aliphatic rings. The Kier molecular flexibility index (Phi) is 5.61. The number of ether oxygens (including phenoxy) is 1. The summed E-state index contributed by atoms with van der Waals surface area (Å²) in [6.45, 7) is 2.06. The van der Waals surface area contributed by atoms with Crippen LogP contribution in [0.15, 0.2) is 24.3 Å². The fourth-order valence-corrected chi connectivity index (χ4v) is 3.80. The summed E-state index contributed by atoms with van der Waals surface area (Å²) >= 11 is 6.23. The van der Waals surface area contributed by atoms with Crippen molar-refractivity contribution in [3.63, 3.8) is 0 Å². The standard InChI is InChI=1S/C18H24ClN3O3/c1-25-18(8-10-20-11-9-18)17(24)21-14-6-4-12-22(16(14)23)15-7-3-2-5-13(15)19/h2-3,5,7,14,20H,4,6,8-12H2,1H3,(H,21,24). The number of nitrogens with one attached hydrogen (secondary N) is 2. The first-order valence-corrected chi connectivity index (χ1v) is 9.08. The van der Waals surface area contributed by atoms with Crippen molar-refractivity contribution < 1.29 is 14.3 Å². The predicted molar refractivity (Wildman–Crippen MR) is 96.8 cm³/mol. The monoisotopic (exact) mass is 365 g/mol. The highest BCUT2D eigenvalue weighted by molar-refractivity contribution is 6.33. The number of rotatable bonds is 4. The lowest BCUT2D eigenvalue weighted by atomic mass is 9.90. The minimum absolute atomic E-state index is 0.118. The van der Waals surface area contributed by atoms with Gasteiger partial charge in [0.25, 0.3) is 5.91 Å². The van der Waals surface area contributed by atoms with E-state index in [9.17, 15) is 9.59 Å². The maximum atomic E-state index is 12.9. The summed E-state index contributed by atoms with van der Waals surface area (Å²) in [5.74, 6) is -0.316. The highest BCUT2D eigenvalue weighted by atomic mass is 35.5. The van der Waals surface area contributed by atoms with Gasteiger partial charge in [-0.25, -0.2) is 0 Å². The molecule has 2 heterocycles. The fraction of sp³-hybridized carbons (Fsp3) is 0.556. The van der Waals surface area contributed by atoms with E-state index >= 15 is 0 Å². The average molecular weight is 366 g/mol. The molecule has 25 heavy (non-hydrogen) atoms. The molecule has 0 aromatic heterocycles. The Labute approximate surface area is 152 Å². The number of para-hydroxylation sites is 1. The Morgan fingerprint density at radius 3 is 2.76 bits per heavy atom. The molecule has 0 saturated carbocycles. The molecule has 0 radical (unpaired) electrons. The number of hydrogen-bond acceptors (Lipinski definition) is 4. The second-order valence-electron chi connectivity index (χ2n) is 6.56. The van der Waals surface area contributed by atoms with Gasteiger partial charge in [-0.05, 0) is 50.9 Å². The number of anilines is 1. The van der Waals surface area contributed by atoms with Crippen molar-refractivity contribution in [2.45, 2.75) is 37.3 Å². The quantitative estimate of drug-likeness (QED) is 0.852. The summed E-state index contributed by atoms with van der Waals surface area (Å²) in [5.41, 5.74) is -0.158. The molecule has 7 heteroatoms. The highest BCUT2D eigenvalue weighted by Crippen LogP contribution is 2.29. The van der Waals surface area contributed by atoms with Gasteiger partial charge >= 0.3 is 0 Å². The third-order valence-corrected chi connectivity index (χ3v) is 5.42. The average Bonchev–Trinajstić information content (AvgIpc) is 2.64. The Hall–Kier alpha value is -1.63. The molecule has 136 valence electrons. The first-order valence-electron chi connectivity index (χ1n) is 8.70. The topological polar surface area (TPSA) is 70.7 Å². The van der Waals surface area contributed by atoms with Crippen LogP contribution in [0.1, 0.15) is 25.7 Å². The molecule has 1 aromatic carbocycles. The number of carbonyl (C=O) groups excluding carboxylic acids is 2. The summed E-state index contributed by atoms with van der Waals surface area (Å²) in [6, 6.07) is 6.74. The van der Waals surface area contributed by atoms with E-state index in [1.54, 1.807) is 18.1 Å². The van der Waals surface area contributed by atoms with Gasteiger partial charge in [0.2, 0.25) is 5.91 Å². The van der Waals surface area contributed by atoms with Crippen LogP contribution in [-0.4, -0.2) is 50.2 Å². The minimum Gasteiger partial charge on any atom is -0.368 e. The molecule has 2 amide bonds. The van der Waals surface area contributed by atoms with Gasteiger partial charge in [-0.3, -0.25) is 9.59 Å². The van der Waals surface area contributed by atoms with Crippen LogP contribution in [0.4, 0.5) is 5.69 Å². The van der Waals surface area contributed by atoms with E-state index in [4.69, 9.17) is 16.3 Å². The first-order chi connectivity index (χ1) is 12.1. The van der Waals surface area contributed by atoms with Crippen LogP contribution in [-0.2, 0) is 14.3 Å². The van der Waals surface area contributed by atoms with Crippen molar-refractivity contribution in [2.75, 3.05) is 31.6 Å². The molecule has 3 rings (SSSR count). The third kappa shape index (κ3) is 3.66. The lowest BCUT2D eigenvalue weighted by Gasteiger charge is -2.38. The van der Waals surface area contributed by atoms with Crippen molar-refractivity contribution in [1.29, 1.82) is 0 Å². The summed E-state index contributed by atoms with van der Waals surface area (Å²) < 4.78 is 5.55. The molecule has 2 N–H and O–H groups in total. The van der Waals surface area contributed by atoms with Crippen LogP contribution in [0.5, 0.6) is 0 Å². The molecule has 6 nitrogen and oxygen atoms in total. The Morgan fingerprint density at radius 1 is 1.36 bits per heavy atom. The maximum Gasteiger partial charge on any atom is 0.252 e. The third-order valence-electron chi connectivity index (χ3n) is 5.10. The SMILES string of the molecule is COC1(C(=O)NC2CCCN(c3ccccc3Cl)C2=O)CCNCC1. The van der Waals surface area contributed by atoms with Crippen LogP contribution < -0.4 is 15.5 Å². The van der Waals surface area contributed by atoms with Crippen molar-refractivity contribution in [3.8, 4) is 0 Å². The molecule has 0 spiro atoms. The molecular formula is C18H24ClN3O3. The minimum atomic E-state index is -0.849. The second kappa shape index (κ2) is 7.72. The predicted octanol–water partition coefficient (Wildman–Crippen LogP) is 1.72. The van der Waals surface area contributed by atoms with E-state index in [2.05, 4.69) is 10.6 Å². The number of nitrogens with zero attached hydrogens (tertiary/aromatic N) is 1. The molecule has 1 unspecified atom stereocenters. The number of halogens is 1. The summed E-state index contributed by atoms with van der Waals surface area (Å²) in [5, 5.41) is 6.69. The second-order valence-corrected chi connectivity index (χ2v) is 6.97. The Morgan fingerprint density at radius 2 is 2.08 bits per heavy atom. The molecule has 0 aliphatic carbocycles. The molecule has 1 atom stereocenters. The number of benzene rings is 1. The molecule has 2 saturated heterocycles. The van der Waals surface area contributed by atoms with Gasteiger partial charge in [0.15, 0.2) is 0 Å². The van der Waals surface area contributed by atoms with Gasteiger partial charge < -0.3 is 20.3 Å². The lowest BCUT2D eigenvalue weighted by molar-refractivity contribution is -0.149. The van der Waals surface area contributed by atoms with Gasteiger partial charge in [-0.1, -0.05) is 23.7 Å². The van der Waals surface area contributed by atoms with Crippen LogP contribution in [0, 0.1) is 0 Å². The van der Waals surface area contributed by atoms with Crippen LogP contribution in [0.25, 0.3) is 0 Å². The highest BCUT2D eigenvalue weighted by Gasteiger charge is 2.42. The van der Waals surface area contributed by atoms with Crippen LogP contribution in [0.2, 0.25) is 5.02 Å². The summed E-state index contributed by atoms with van der Waals surface area (Å²) in [6.07, 6.45) is 2.64. The number of hydrogen-bond donors (Lipinski definition) is 2. The smallest absolute Gasteiger partial charge is 0.252 e. The van der Waals surface area contributed by atoms with Crippen molar-refractivity contribution in [3.05, 3.63) is 29.3 Å². The zero-order valence-corrected chi connectivity index (χ0v) is 15.1. The van der Waals surface area contributed by atoms with Crippen molar-refractivity contribution in [2.24, 2.45) is 0 Å². The van der Waals surface area contributed by atoms with Gasteiger partial charge in [0, 0.05) is 13.7 Å². The number of amides is 2. The van der Waals surface area contributed by atoms with Crippen LogP contribution >= 0.6 is 11.6 Å². The fourth-order valence-electron chi connectivity index (χ4n) is 3.56. The molecule has 1 aromatic rings.